The second-order valence-electron chi connectivity index (χ2n) is 5.18. The van der Waals surface area contributed by atoms with Crippen LogP contribution in [0, 0.1) is 0 Å². The van der Waals surface area contributed by atoms with Crippen molar-refractivity contribution in [3.05, 3.63) is 53.1 Å². The average Bonchev–Trinajstić information content (AvgIpc) is 2.72. The standard InChI is InChI=1S/C18H19N3O6/c1-25-14-7-11(8-15(26-2)16(14)27-3)10-19-20-17(22)12-5-4-6-13(9-12)18(23)21-24/h4-10,24H,1-3H3,(H,20,22)(H,21,23)/b19-10+. The Hall–Kier alpha value is -3.59. The van der Waals surface area contributed by atoms with Crippen molar-refractivity contribution < 1.29 is 29.0 Å². The van der Waals surface area contributed by atoms with Crippen LogP contribution in [0.3, 0.4) is 0 Å². The first kappa shape index (κ1) is 19.7. The molecule has 2 rings (SSSR count). The molecule has 0 fully saturated rings. The number of nitrogens with one attached hydrogen (secondary N) is 2. The van der Waals surface area contributed by atoms with Crippen LogP contribution >= 0.6 is 0 Å². The zero-order chi connectivity index (χ0) is 19.8. The Balaban J connectivity index is 2.15. The molecule has 0 aliphatic rings. The number of hydrazone groups is 1. The Bertz CT molecular complexity index is 841. The van der Waals surface area contributed by atoms with Crippen molar-refractivity contribution in [1.82, 2.24) is 10.9 Å². The van der Waals surface area contributed by atoms with Gasteiger partial charge in [-0.15, -0.1) is 0 Å². The summed E-state index contributed by atoms with van der Waals surface area (Å²) >= 11 is 0. The number of carbonyl (C=O) groups excluding carboxylic acids is 2. The van der Waals surface area contributed by atoms with Gasteiger partial charge in [0.15, 0.2) is 11.5 Å². The van der Waals surface area contributed by atoms with Gasteiger partial charge in [0.25, 0.3) is 11.8 Å². The fourth-order valence-corrected chi connectivity index (χ4v) is 2.27. The molecule has 0 aliphatic carbocycles. The van der Waals surface area contributed by atoms with Crippen LogP contribution < -0.4 is 25.1 Å². The first-order valence-electron chi connectivity index (χ1n) is 7.72. The largest absolute Gasteiger partial charge is 0.493 e. The second-order valence-corrected chi connectivity index (χ2v) is 5.18. The molecule has 142 valence electrons. The average molecular weight is 373 g/mol. The maximum absolute atomic E-state index is 12.2. The maximum atomic E-state index is 12.2. The van der Waals surface area contributed by atoms with E-state index in [-0.39, 0.29) is 11.1 Å². The van der Waals surface area contributed by atoms with Crippen molar-refractivity contribution in [2.75, 3.05) is 21.3 Å². The maximum Gasteiger partial charge on any atom is 0.274 e. The number of hydroxylamine groups is 1. The van der Waals surface area contributed by atoms with Crippen LogP contribution in [0.4, 0.5) is 0 Å². The minimum Gasteiger partial charge on any atom is -0.493 e. The van der Waals surface area contributed by atoms with Gasteiger partial charge in [0, 0.05) is 16.7 Å². The van der Waals surface area contributed by atoms with Crippen LogP contribution in [0.2, 0.25) is 0 Å². The molecule has 2 aromatic carbocycles. The highest BCUT2D eigenvalue weighted by Crippen LogP contribution is 2.37. The fourth-order valence-electron chi connectivity index (χ4n) is 2.27. The Morgan fingerprint density at radius 3 is 2.07 bits per heavy atom. The van der Waals surface area contributed by atoms with Crippen molar-refractivity contribution >= 4 is 18.0 Å². The third kappa shape index (κ3) is 4.73. The summed E-state index contributed by atoms with van der Waals surface area (Å²) in [6, 6.07) is 9.16. The van der Waals surface area contributed by atoms with Crippen molar-refractivity contribution in [2.45, 2.75) is 0 Å². The monoisotopic (exact) mass is 373 g/mol. The summed E-state index contributed by atoms with van der Waals surface area (Å²) in [5, 5.41) is 12.5. The van der Waals surface area contributed by atoms with E-state index in [9.17, 15) is 9.59 Å². The first-order chi connectivity index (χ1) is 13.0. The van der Waals surface area contributed by atoms with E-state index in [0.717, 1.165) is 0 Å². The van der Waals surface area contributed by atoms with E-state index in [2.05, 4.69) is 10.5 Å². The topological polar surface area (TPSA) is 118 Å². The van der Waals surface area contributed by atoms with Crippen molar-refractivity contribution in [3.8, 4) is 17.2 Å². The fraction of sp³-hybridized carbons (Fsp3) is 0.167. The van der Waals surface area contributed by atoms with Gasteiger partial charge in [-0.2, -0.15) is 5.10 Å². The van der Waals surface area contributed by atoms with E-state index < -0.39 is 11.8 Å². The van der Waals surface area contributed by atoms with Crippen molar-refractivity contribution in [2.24, 2.45) is 5.10 Å². The number of ether oxygens (including phenoxy) is 3. The number of hydrogen-bond donors (Lipinski definition) is 3. The summed E-state index contributed by atoms with van der Waals surface area (Å²) in [4.78, 5) is 23.6. The lowest BCUT2D eigenvalue weighted by atomic mass is 10.1. The third-order valence-corrected chi connectivity index (χ3v) is 3.56. The molecule has 0 atom stereocenters. The van der Waals surface area contributed by atoms with Crippen LogP contribution in [0.25, 0.3) is 0 Å². The second kappa shape index (κ2) is 9.20. The van der Waals surface area contributed by atoms with E-state index in [4.69, 9.17) is 19.4 Å². The lowest BCUT2D eigenvalue weighted by molar-refractivity contribution is 0.0706. The number of nitrogens with zero attached hydrogens (tertiary/aromatic N) is 1. The normalized spacial score (nSPS) is 10.4. The van der Waals surface area contributed by atoms with Gasteiger partial charge in [-0.3, -0.25) is 14.8 Å². The molecule has 0 aliphatic heterocycles. The highest BCUT2D eigenvalue weighted by molar-refractivity contribution is 5.99. The molecule has 2 amide bonds. The molecule has 0 spiro atoms. The molecule has 0 unspecified atom stereocenters. The SMILES string of the molecule is COc1cc(/C=N/NC(=O)c2cccc(C(=O)NO)c2)cc(OC)c1OC. The Morgan fingerprint density at radius 1 is 0.963 bits per heavy atom. The summed E-state index contributed by atoms with van der Waals surface area (Å²) in [6.07, 6.45) is 1.41. The summed E-state index contributed by atoms with van der Waals surface area (Å²) < 4.78 is 15.7. The Morgan fingerprint density at radius 2 is 1.56 bits per heavy atom. The van der Waals surface area contributed by atoms with Crippen LogP contribution in [0.5, 0.6) is 17.2 Å². The van der Waals surface area contributed by atoms with Gasteiger partial charge in [0.1, 0.15) is 0 Å². The summed E-state index contributed by atoms with van der Waals surface area (Å²) in [5.74, 6) is 0.108. The van der Waals surface area contributed by atoms with Gasteiger partial charge in [-0.25, -0.2) is 10.9 Å². The van der Waals surface area contributed by atoms with Gasteiger partial charge in [0.2, 0.25) is 5.75 Å². The van der Waals surface area contributed by atoms with E-state index in [1.54, 1.807) is 12.1 Å². The minimum atomic E-state index is -0.717. The molecule has 9 heteroatoms. The van der Waals surface area contributed by atoms with E-state index in [1.165, 1.54) is 57.3 Å². The van der Waals surface area contributed by atoms with E-state index >= 15 is 0 Å². The molecule has 0 saturated carbocycles. The number of hydrogen-bond acceptors (Lipinski definition) is 7. The van der Waals surface area contributed by atoms with Crippen LogP contribution in [-0.2, 0) is 0 Å². The van der Waals surface area contributed by atoms with Gasteiger partial charge in [0.05, 0.1) is 27.5 Å². The Labute approximate surface area is 155 Å². The molecule has 27 heavy (non-hydrogen) atoms. The quantitative estimate of drug-likeness (QED) is 0.385. The number of benzene rings is 2. The highest BCUT2D eigenvalue weighted by Gasteiger charge is 2.13. The minimum absolute atomic E-state index is 0.138. The van der Waals surface area contributed by atoms with Crippen molar-refractivity contribution in [3.63, 3.8) is 0 Å². The number of amides is 2. The van der Waals surface area contributed by atoms with E-state index in [1.807, 2.05) is 0 Å². The predicted molar refractivity (Wildman–Crippen MR) is 96.9 cm³/mol. The van der Waals surface area contributed by atoms with Crippen LogP contribution in [-0.4, -0.2) is 44.6 Å². The molecule has 0 radical (unpaired) electrons. The molecule has 0 heterocycles. The van der Waals surface area contributed by atoms with Gasteiger partial charge < -0.3 is 14.2 Å². The summed E-state index contributed by atoms with van der Waals surface area (Å²) in [6.45, 7) is 0. The molecule has 2 aromatic rings. The first-order valence-corrected chi connectivity index (χ1v) is 7.72. The smallest absolute Gasteiger partial charge is 0.274 e. The molecular weight excluding hydrogens is 354 g/mol. The van der Waals surface area contributed by atoms with Crippen LogP contribution in [0.15, 0.2) is 41.5 Å². The zero-order valence-electron chi connectivity index (χ0n) is 15.0. The number of carbonyl (C=O) groups is 2. The number of methoxy groups -OCH3 is 3. The molecule has 9 nitrogen and oxygen atoms in total. The lowest BCUT2D eigenvalue weighted by Crippen LogP contribution is -2.21. The molecule has 0 saturated heterocycles. The van der Waals surface area contributed by atoms with Crippen molar-refractivity contribution in [1.29, 1.82) is 0 Å². The summed E-state index contributed by atoms with van der Waals surface area (Å²) in [5.41, 5.74) is 4.82. The lowest BCUT2D eigenvalue weighted by Gasteiger charge is -2.12. The van der Waals surface area contributed by atoms with Crippen LogP contribution in [0.1, 0.15) is 26.3 Å². The van der Waals surface area contributed by atoms with Gasteiger partial charge in [-0.1, -0.05) is 6.07 Å². The molecule has 0 aromatic heterocycles. The molecule has 0 bridgehead atoms. The Kier molecular flexibility index (Phi) is 6.73. The number of rotatable bonds is 7. The predicted octanol–water partition coefficient (Wildman–Crippen LogP) is 1.60. The zero-order valence-corrected chi connectivity index (χ0v) is 15.0. The molecule has 3 N–H and O–H groups in total. The third-order valence-electron chi connectivity index (χ3n) is 3.56. The van der Waals surface area contributed by atoms with Gasteiger partial charge in [-0.05, 0) is 30.3 Å². The summed E-state index contributed by atoms with van der Waals surface area (Å²) in [7, 11) is 4.49. The molecular formula is C18H19N3O6. The van der Waals surface area contributed by atoms with E-state index in [0.29, 0.717) is 22.8 Å². The van der Waals surface area contributed by atoms with Gasteiger partial charge >= 0.3 is 0 Å². The highest BCUT2D eigenvalue weighted by atomic mass is 16.5.